The number of carbonyl (C=O) groups excluding carboxylic acids is 2. The SMILES string of the molecule is NCc1nnc(CC(=O)N2C[C@H](F)C[C@H]2C(=O)N[C@@H](c2ccccc2)c2ccc(C3CC3)c(F)c2)[nH]1. The lowest BCUT2D eigenvalue weighted by Gasteiger charge is -2.27. The number of amides is 2. The Morgan fingerprint density at radius 2 is 1.86 bits per heavy atom. The Labute approximate surface area is 207 Å². The number of hydrogen-bond acceptors (Lipinski definition) is 5. The molecule has 2 fully saturated rings. The highest BCUT2D eigenvalue weighted by Gasteiger charge is 2.40. The van der Waals surface area contributed by atoms with Crippen LogP contribution in [0.2, 0.25) is 0 Å². The van der Waals surface area contributed by atoms with Gasteiger partial charge in [0.1, 0.15) is 29.7 Å². The molecule has 2 heterocycles. The van der Waals surface area contributed by atoms with E-state index in [1.807, 2.05) is 36.4 Å². The number of nitrogens with two attached hydrogens (primary N) is 1. The predicted octanol–water partition coefficient (Wildman–Crippen LogP) is 2.67. The molecule has 1 aromatic heterocycles. The Hall–Kier alpha value is -3.66. The number of nitrogens with one attached hydrogen (secondary N) is 2. The molecule has 188 valence electrons. The number of likely N-dealkylation sites (tertiary alicyclic amines) is 1. The van der Waals surface area contributed by atoms with Crippen molar-refractivity contribution in [2.24, 2.45) is 5.73 Å². The number of rotatable bonds is 8. The molecule has 2 aliphatic rings. The second-order valence-electron chi connectivity index (χ2n) is 9.40. The van der Waals surface area contributed by atoms with Gasteiger partial charge in [0.05, 0.1) is 25.6 Å². The van der Waals surface area contributed by atoms with E-state index in [1.165, 1.54) is 11.0 Å². The minimum absolute atomic E-state index is 0.113. The van der Waals surface area contributed by atoms with E-state index in [1.54, 1.807) is 6.07 Å². The average Bonchev–Trinajstić information content (AvgIpc) is 3.49. The van der Waals surface area contributed by atoms with E-state index in [-0.39, 0.29) is 37.7 Å². The normalized spacial score (nSPS) is 20.4. The van der Waals surface area contributed by atoms with Gasteiger partial charge in [0.25, 0.3) is 0 Å². The van der Waals surface area contributed by atoms with Crippen LogP contribution in [0.4, 0.5) is 8.78 Å². The molecule has 2 amide bonds. The van der Waals surface area contributed by atoms with E-state index >= 15 is 0 Å². The Morgan fingerprint density at radius 3 is 2.53 bits per heavy atom. The van der Waals surface area contributed by atoms with Crippen LogP contribution in [-0.4, -0.2) is 50.7 Å². The average molecular weight is 495 g/mol. The summed E-state index contributed by atoms with van der Waals surface area (Å²) in [5.41, 5.74) is 7.55. The zero-order chi connectivity index (χ0) is 25.2. The van der Waals surface area contributed by atoms with Crippen molar-refractivity contribution in [2.75, 3.05) is 6.54 Å². The van der Waals surface area contributed by atoms with Crippen LogP contribution in [0.3, 0.4) is 0 Å². The molecule has 0 spiro atoms. The minimum Gasteiger partial charge on any atom is -0.343 e. The van der Waals surface area contributed by atoms with Crippen molar-refractivity contribution >= 4 is 11.8 Å². The van der Waals surface area contributed by atoms with Crippen molar-refractivity contribution in [1.82, 2.24) is 25.4 Å². The maximum absolute atomic E-state index is 14.9. The molecule has 8 nitrogen and oxygen atoms in total. The van der Waals surface area contributed by atoms with E-state index in [9.17, 15) is 18.4 Å². The molecule has 1 saturated carbocycles. The molecule has 0 radical (unpaired) electrons. The topological polar surface area (TPSA) is 117 Å². The van der Waals surface area contributed by atoms with Gasteiger partial charge in [0.15, 0.2) is 0 Å². The van der Waals surface area contributed by atoms with Crippen molar-refractivity contribution < 1.29 is 18.4 Å². The second-order valence-corrected chi connectivity index (χ2v) is 9.40. The van der Waals surface area contributed by atoms with E-state index in [0.717, 1.165) is 18.4 Å². The first kappa shape index (κ1) is 24.1. The minimum atomic E-state index is -1.33. The Kier molecular flexibility index (Phi) is 6.77. The van der Waals surface area contributed by atoms with Crippen LogP contribution in [0.1, 0.15) is 59.6 Å². The maximum Gasteiger partial charge on any atom is 0.243 e. The number of hydrogen-bond donors (Lipinski definition) is 3. The largest absolute Gasteiger partial charge is 0.343 e. The quantitative estimate of drug-likeness (QED) is 0.445. The summed E-state index contributed by atoms with van der Waals surface area (Å²) >= 11 is 0. The van der Waals surface area contributed by atoms with Gasteiger partial charge in [-0.2, -0.15) is 0 Å². The van der Waals surface area contributed by atoms with E-state index in [2.05, 4.69) is 20.5 Å². The van der Waals surface area contributed by atoms with Gasteiger partial charge in [-0.25, -0.2) is 8.78 Å². The smallest absolute Gasteiger partial charge is 0.243 e. The summed E-state index contributed by atoms with van der Waals surface area (Å²) < 4.78 is 29.3. The molecule has 10 heteroatoms. The predicted molar refractivity (Wildman–Crippen MR) is 128 cm³/mol. The Bertz CT molecular complexity index is 1250. The number of carbonyl (C=O) groups is 2. The van der Waals surface area contributed by atoms with Gasteiger partial charge in [-0.15, -0.1) is 10.2 Å². The van der Waals surface area contributed by atoms with Crippen molar-refractivity contribution in [3.8, 4) is 0 Å². The van der Waals surface area contributed by atoms with Gasteiger partial charge in [0, 0.05) is 6.42 Å². The van der Waals surface area contributed by atoms with Crippen molar-refractivity contribution in [1.29, 1.82) is 0 Å². The third kappa shape index (κ3) is 5.13. The van der Waals surface area contributed by atoms with Crippen LogP contribution in [0.15, 0.2) is 48.5 Å². The van der Waals surface area contributed by atoms with Crippen LogP contribution in [0.5, 0.6) is 0 Å². The molecule has 0 unspecified atom stereocenters. The third-order valence-electron chi connectivity index (χ3n) is 6.76. The van der Waals surface area contributed by atoms with Crippen LogP contribution >= 0.6 is 0 Å². The molecule has 1 aliphatic carbocycles. The molecule has 5 rings (SSSR count). The highest BCUT2D eigenvalue weighted by molar-refractivity contribution is 5.89. The summed E-state index contributed by atoms with van der Waals surface area (Å²) in [6.45, 7) is -0.0406. The van der Waals surface area contributed by atoms with Gasteiger partial charge in [0.2, 0.25) is 11.8 Å². The fraction of sp³-hybridized carbons (Fsp3) is 0.385. The van der Waals surface area contributed by atoms with Crippen molar-refractivity contribution in [3.05, 3.63) is 82.7 Å². The van der Waals surface area contributed by atoms with E-state index in [0.29, 0.717) is 22.8 Å². The number of alkyl halides is 1. The molecule has 4 N–H and O–H groups in total. The zero-order valence-electron chi connectivity index (χ0n) is 19.7. The highest BCUT2D eigenvalue weighted by Crippen LogP contribution is 2.42. The van der Waals surface area contributed by atoms with Gasteiger partial charge in [-0.05, 0) is 41.5 Å². The van der Waals surface area contributed by atoms with Crippen LogP contribution in [0.25, 0.3) is 0 Å². The van der Waals surface area contributed by atoms with Gasteiger partial charge in [-0.3, -0.25) is 9.59 Å². The Morgan fingerprint density at radius 1 is 1.11 bits per heavy atom. The van der Waals surface area contributed by atoms with Gasteiger partial charge >= 0.3 is 0 Å². The summed E-state index contributed by atoms with van der Waals surface area (Å²) in [5, 5.41) is 10.7. The van der Waals surface area contributed by atoms with E-state index in [4.69, 9.17) is 5.73 Å². The zero-order valence-corrected chi connectivity index (χ0v) is 19.7. The number of H-pyrrole nitrogens is 1. The van der Waals surface area contributed by atoms with Crippen molar-refractivity contribution in [3.63, 3.8) is 0 Å². The first-order valence-electron chi connectivity index (χ1n) is 12.1. The highest BCUT2D eigenvalue weighted by atomic mass is 19.1. The maximum atomic E-state index is 14.9. The molecular formula is C26H28F2N6O2. The summed E-state index contributed by atoms with van der Waals surface area (Å²) in [6, 6.07) is 12.6. The molecule has 3 aromatic rings. The van der Waals surface area contributed by atoms with Gasteiger partial charge < -0.3 is 20.9 Å². The lowest BCUT2D eigenvalue weighted by molar-refractivity contribution is -0.138. The third-order valence-corrected chi connectivity index (χ3v) is 6.76. The molecule has 3 atom stereocenters. The van der Waals surface area contributed by atoms with E-state index < -0.39 is 30.1 Å². The number of benzene rings is 2. The lowest BCUT2D eigenvalue weighted by atomic mass is 9.96. The van der Waals surface area contributed by atoms with Crippen LogP contribution in [0, 0.1) is 5.82 Å². The van der Waals surface area contributed by atoms with Crippen LogP contribution in [-0.2, 0) is 22.6 Å². The first-order valence-corrected chi connectivity index (χ1v) is 12.1. The molecule has 2 aromatic carbocycles. The monoisotopic (exact) mass is 494 g/mol. The van der Waals surface area contributed by atoms with Gasteiger partial charge in [-0.1, -0.05) is 42.5 Å². The lowest BCUT2D eigenvalue weighted by Crippen LogP contribution is -2.47. The summed E-state index contributed by atoms with van der Waals surface area (Å²) in [4.78, 5) is 30.5. The fourth-order valence-corrected chi connectivity index (χ4v) is 4.75. The fourth-order valence-electron chi connectivity index (χ4n) is 4.75. The number of aromatic amines is 1. The summed E-state index contributed by atoms with van der Waals surface area (Å²) in [6.07, 6.45) is 0.363. The first-order chi connectivity index (χ1) is 17.4. The summed E-state index contributed by atoms with van der Waals surface area (Å²) in [7, 11) is 0. The van der Waals surface area contributed by atoms with Crippen molar-refractivity contribution in [2.45, 2.75) is 56.4 Å². The molecule has 1 saturated heterocycles. The number of nitrogens with zero attached hydrogens (tertiary/aromatic N) is 3. The molecule has 0 bridgehead atoms. The number of halogens is 2. The molecule has 1 aliphatic heterocycles. The summed E-state index contributed by atoms with van der Waals surface area (Å²) in [5.74, 6) is -0.238. The molecular weight excluding hydrogens is 466 g/mol. The number of aromatic nitrogens is 3. The molecule has 36 heavy (non-hydrogen) atoms. The second kappa shape index (κ2) is 10.1. The van der Waals surface area contributed by atoms with Crippen LogP contribution < -0.4 is 11.1 Å². The standard InChI is InChI=1S/C26H28F2N6O2/c27-18-11-21(34(14-18)24(35)12-22-30-23(13-29)33-32-22)26(36)31-25(16-4-2-1-3-5-16)17-8-9-19(15-6-7-15)20(28)10-17/h1-5,8-10,15,18,21,25H,6-7,11-14,29H2,(H,31,36)(H,30,32,33)/t18-,21+,25+/m1/s1. The Balaban J connectivity index is 1.36.